The minimum Gasteiger partial charge on any atom is -0.435 e. The van der Waals surface area contributed by atoms with Crippen molar-refractivity contribution in [2.24, 2.45) is 0 Å². The van der Waals surface area contributed by atoms with Crippen molar-refractivity contribution >= 4 is 21.8 Å². The van der Waals surface area contributed by atoms with Gasteiger partial charge in [0.05, 0.1) is 6.42 Å². The summed E-state index contributed by atoms with van der Waals surface area (Å²) in [5.41, 5.74) is 7.04. The molecule has 0 saturated heterocycles. The smallest absolute Gasteiger partial charge is 0.334 e. The van der Waals surface area contributed by atoms with Crippen molar-refractivity contribution in [3.8, 4) is 0 Å². The van der Waals surface area contributed by atoms with Crippen LogP contribution in [0.4, 0.5) is 0 Å². The van der Waals surface area contributed by atoms with Crippen LogP contribution in [0.2, 0.25) is 0 Å². The lowest BCUT2D eigenvalue weighted by Crippen LogP contribution is -2.30. The predicted octanol–water partition coefficient (Wildman–Crippen LogP) is 0.877. The number of hydrogen-bond donors (Lipinski definition) is 1. The number of carbonyl (C=O) groups is 1. The maximum absolute atomic E-state index is 11.4. The molecular formula is C11H12N2O5S. The van der Waals surface area contributed by atoms with Crippen molar-refractivity contribution in [1.82, 2.24) is 0 Å². The molecule has 0 saturated carbocycles. The zero-order valence-electron chi connectivity index (χ0n) is 10.1. The monoisotopic (exact) mass is 284 g/mol. The van der Waals surface area contributed by atoms with Gasteiger partial charge in [0.2, 0.25) is 5.44 Å². The van der Waals surface area contributed by atoms with Gasteiger partial charge >= 0.3 is 16.1 Å². The fourth-order valence-corrected chi connectivity index (χ4v) is 2.12. The highest BCUT2D eigenvalue weighted by Crippen LogP contribution is 2.21. The maximum atomic E-state index is 11.4. The molecule has 1 rings (SSSR count). The minimum atomic E-state index is -4.65. The van der Waals surface area contributed by atoms with Crippen LogP contribution in [-0.4, -0.2) is 34.9 Å². The molecule has 1 N–H and O–H groups in total. The van der Waals surface area contributed by atoms with Crippen molar-refractivity contribution < 1.29 is 27.3 Å². The molecule has 0 radical (unpaired) electrons. The SMILES string of the molecule is C=C(C)C(=O)OC(C1=CC=CC(=[N+]=[N-])C1)S(=O)(=O)O. The third kappa shape index (κ3) is 3.99. The molecule has 19 heavy (non-hydrogen) atoms. The largest absolute Gasteiger partial charge is 0.435 e. The Morgan fingerprint density at radius 2 is 2.26 bits per heavy atom. The van der Waals surface area contributed by atoms with Gasteiger partial charge in [-0.1, -0.05) is 18.7 Å². The summed E-state index contributed by atoms with van der Waals surface area (Å²) < 4.78 is 36.3. The van der Waals surface area contributed by atoms with Gasteiger partial charge in [-0.2, -0.15) is 13.2 Å². The Bertz CT molecular complexity index is 623. The van der Waals surface area contributed by atoms with Gasteiger partial charge in [-0.15, -0.1) is 0 Å². The lowest BCUT2D eigenvalue weighted by Gasteiger charge is -2.18. The van der Waals surface area contributed by atoms with Gasteiger partial charge < -0.3 is 10.3 Å². The Hall–Kier alpha value is -2.02. The second kappa shape index (κ2) is 5.75. The Morgan fingerprint density at radius 1 is 1.63 bits per heavy atom. The molecule has 1 aliphatic carbocycles. The van der Waals surface area contributed by atoms with E-state index < -0.39 is 21.5 Å². The standard InChI is InChI=1S/C11H12N2O5S/c1-7(2)10(14)18-11(19(15,16)17)8-4-3-5-9(6-8)13-12/h3-5,11H,1,6H2,2H3,(H,15,16,17). The van der Waals surface area contributed by atoms with Gasteiger partial charge in [0.25, 0.3) is 5.71 Å². The Morgan fingerprint density at radius 3 is 2.74 bits per heavy atom. The van der Waals surface area contributed by atoms with E-state index in [1.165, 1.54) is 25.2 Å². The highest BCUT2D eigenvalue weighted by Gasteiger charge is 2.33. The number of esters is 1. The van der Waals surface area contributed by atoms with E-state index in [0.717, 1.165) is 0 Å². The van der Waals surface area contributed by atoms with E-state index in [2.05, 4.69) is 11.4 Å². The van der Waals surface area contributed by atoms with Gasteiger partial charge in [0, 0.05) is 11.6 Å². The van der Waals surface area contributed by atoms with Crippen LogP contribution in [0.3, 0.4) is 0 Å². The third-order valence-corrected chi connectivity index (χ3v) is 3.19. The highest BCUT2D eigenvalue weighted by atomic mass is 32.2. The van der Waals surface area contributed by atoms with Gasteiger partial charge in [-0.3, -0.25) is 4.55 Å². The van der Waals surface area contributed by atoms with Gasteiger partial charge in [0.1, 0.15) is 0 Å². The summed E-state index contributed by atoms with van der Waals surface area (Å²) in [4.78, 5) is 14.3. The molecule has 1 unspecified atom stereocenters. The first-order valence-corrected chi connectivity index (χ1v) is 6.67. The molecule has 1 atom stereocenters. The molecule has 0 bridgehead atoms. The molecule has 0 aromatic heterocycles. The molecule has 0 heterocycles. The molecule has 7 nitrogen and oxygen atoms in total. The van der Waals surface area contributed by atoms with Gasteiger partial charge in [-0.05, 0) is 12.5 Å². The maximum Gasteiger partial charge on any atom is 0.334 e. The molecule has 0 amide bonds. The summed E-state index contributed by atoms with van der Waals surface area (Å²) in [5, 5.41) is 0. The van der Waals surface area contributed by atoms with Crippen molar-refractivity contribution in [3.63, 3.8) is 0 Å². The fourth-order valence-electron chi connectivity index (χ4n) is 1.37. The van der Waals surface area contributed by atoms with Crippen LogP contribution in [0.25, 0.3) is 5.53 Å². The first-order valence-electron chi connectivity index (χ1n) is 5.16. The first kappa shape index (κ1) is 15.0. The average molecular weight is 284 g/mol. The zero-order valence-corrected chi connectivity index (χ0v) is 10.9. The fraction of sp³-hybridized carbons (Fsp3) is 0.273. The highest BCUT2D eigenvalue weighted by molar-refractivity contribution is 7.86. The molecule has 0 aliphatic heterocycles. The minimum absolute atomic E-state index is 0.00310. The topological polar surface area (TPSA) is 117 Å². The number of ether oxygens (including phenoxy) is 1. The van der Waals surface area contributed by atoms with Crippen LogP contribution >= 0.6 is 0 Å². The number of hydrogen-bond acceptors (Lipinski definition) is 4. The molecule has 102 valence electrons. The first-order chi connectivity index (χ1) is 8.75. The Labute approximate surface area is 110 Å². The third-order valence-electron chi connectivity index (χ3n) is 2.25. The quantitative estimate of drug-likeness (QED) is 0.270. The van der Waals surface area contributed by atoms with Crippen LogP contribution in [0.5, 0.6) is 0 Å². The summed E-state index contributed by atoms with van der Waals surface area (Å²) in [6, 6.07) is 0. The molecule has 0 spiro atoms. The molecule has 0 fully saturated rings. The van der Waals surface area contributed by atoms with Crippen LogP contribution in [0.1, 0.15) is 13.3 Å². The summed E-state index contributed by atoms with van der Waals surface area (Å²) >= 11 is 0. The van der Waals surface area contributed by atoms with Crippen LogP contribution in [-0.2, 0) is 19.6 Å². The van der Waals surface area contributed by atoms with E-state index in [4.69, 9.17) is 14.8 Å². The number of carbonyl (C=O) groups excluding carboxylic acids is 1. The number of allylic oxidation sites excluding steroid dienone is 3. The van der Waals surface area contributed by atoms with E-state index in [0.29, 0.717) is 0 Å². The lowest BCUT2D eigenvalue weighted by atomic mass is 10.0. The second-order valence-electron chi connectivity index (χ2n) is 3.90. The van der Waals surface area contributed by atoms with E-state index in [9.17, 15) is 13.2 Å². The molecule has 0 aromatic rings. The van der Waals surface area contributed by atoms with E-state index in [1.807, 2.05) is 0 Å². The molecule has 8 heteroatoms. The van der Waals surface area contributed by atoms with Gasteiger partial charge in [-0.25, -0.2) is 4.79 Å². The predicted molar refractivity (Wildman–Crippen MR) is 66.7 cm³/mol. The van der Waals surface area contributed by atoms with Crippen LogP contribution in [0, 0.1) is 0 Å². The molecule has 0 aromatic carbocycles. The summed E-state index contributed by atoms with van der Waals surface area (Å²) in [7, 11) is -4.65. The van der Waals surface area contributed by atoms with Crippen molar-refractivity contribution in [1.29, 1.82) is 0 Å². The Kier molecular flexibility index (Phi) is 4.55. The van der Waals surface area contributed by atoms with Crippen LogP contribution < -0.4 is 0 Å². The molecule has 1 aliphatic rings. The van der Waals surface area contributed by atoms with Crippen molar-refractivity contribution in [2.45, 2.75) is 18.8 Å². The van der Waals surface area contributed by atoms with E-state index >= 15 is 0 Å². The summed E-state index contributed by atoms with van der Waals surface area (Å²) in [6.45, 7) is 4.66. The lowest BCUT2D eigenvalue weighted by molar-refractivity contribution is -0.139. The second-order valence-corrected chi connectivity index (χ2v) is 5.36. The Balaban J connectivity index is 3.10. The summed E-state index contributed by atoms with van der Waals surface area (Å²) in [5.74, 6) is -0.944. The van der Waals surface area contributed by atoms with Crippen LogP contribution in [0.15, 0.2) is 36.0 Å². The van der Waals surface area contributed by atoms with Crippen molar-refractivity contribution in [3.05, 3.63) is 41.5 Å². The normalized spacial score (nSPS) is 16.3. The molecular weight excluding hydrogens is 272 g/mol. The summed E-state index contributed by atoms with van der Waals surface area (Å²) in [6.07, 6.45) is 4.16. The number of nitrogens with zero attached hydrogens (tertiary/aromatic N) is 2. The average Bonchev–Trinajstić information content (AvgIpc) is 2.34. The number of rotatable bonds is 4. The zero-order chi connectivity index (χ0) is 14.6. The van der Waals surface area contributed by atoms with E-state index in [-0.39, 0.29) is 23.3 Å². The van der Waals surface area contributed by atoms with Gasteiger partial charge in [0.15, 0.2) is 0 Å². The van der Waals surface area contributed by atoms with Crippen molar-refractivity contribution in [2.75, 3.05) is 0 Å². The van der Waals surface area contributed by atoms with E-state index in [1.54, 1.807) is 0 Å².